The zero-order valence-electron chi connectivity index (χ0n) is 16.9. The molecule has 0 aromatic heterocycles. The first kappa shape index (κ1) is 21.4. The molecule has 0 aliphatic carbocycles. The summed E-state index contributed by atoms with van der Waals surface area (Å²) >= 11 is 0. The van der Waals surface area contributed by atoms with E-state index in [9.17, 15) is 13.2 Å². The second-order valence-electron chi connectivity index (χ2n) is 7.43. The molecule has 0 saturated carbocycles. The maximum Gasteiger partial charge on any atom is 0.253 e. The van der Waals surface area contributed by atoms with Crippen LogP contribution in [-0.4, -0.2) is 44.7 Å². The van der Waals surface area contributed by atoms with Crippen LogP contribution in [0, 0.1) is 0 Å². The third-order valence-corrected chi connectivity index (χ3v) is 7.44. The summed E-state index contributed by atoms with van der Waals surface area (Å²) in [4.78, 5) is 14.6. The first-order chi connectivity index (χ1) is 14.0. The lowest BCUT2D eigenvalue weighted by molar-refractivity contribution is 0.0766. The molecule has 156 valence electrons. The van der Waals surface area contributed by atoms with Gasteiger partial charge in [-0.1, -0.05) is 50.1 Å². The number of hydrogen-bond acceptors (Lipinski definition) is 4. The predicted molar refractivity (Wildman–Crippen MR) is 115 cm³/mol. The zero-order valence-corrected chi connectivity index (χ0v) is 17.7. The number of ether oxygens (including phenoxy) is 1. The minimum atomic E-state index is -3.30. The highest BCUT2D eigenvalue weighted by Gasteiger charge is 2.32. The molecule has 0 spiro atoms. The molecule has 1 aliphatic rings. The van der Waals surface area contributed by atoms with Crippen LogP contribution in [0.3, 0.4) is 0 Å². The number of unbranched alkanes of at least 4 members (excludes halogenated alkanes) is 2. The summed E-state index contributed by atoms with van der Waals surface area (Å²) in [6, 6.07) is 16.4. The Labute approximate surface area is 173 Å². The first-order valence-electron chi connectivity index (χ1n) is 10.3. The summed E-state index contributed by atoms with van der Waals surface area (Å²) in [5.74, 6) is 0.600. The average Bonchev–Trinajstić information content (AvgIpc) is 2.90. The van der Waals surface area contributed by atoms with Gasteiger partial charge in [0, 0.05) is 18.7 Å². The predicted octanol–water partition coefficient (Wildman–Crippen LogP) is 4.26. The minimum absolute atomic E-state index is 0.0169. The minimum Gasteiger partial charge on any atom is -0.494 e. The molecule has 5 nitrogen and oxygen atoms in total. The summed E-state index contributed by atoms with van der Waals surface area (Å²) in [6.45, 7) is 3.47. The second kappa shape index (κ2) is 9.92. The normalized spacial score (nSPS) is 18.8. The van der Waals surface area contributed by atoms with Gasteiger partial charge in [-0.3, -0.25) is 4.79 Å². The van der Waals surface area contributed by atoms with Gasteiger partial charge in [-0.2, -0.15) is 0 Å². The van der Waals surface area contributed by atoms with Gasteiger partial charge in [0.25, 0.3) is 5.91 Å². The monoisotopic (exact) mass is 415 g/mol. The highest BCUT2D eigenvalue weighted by Crippen LogP contribution is 2.29. The van der Waals surface area contributed by atoms with E-state index in [1.807, 2.05) is 30.3 Å². The van der Waals surface area contributed by atoms with Crippen LogP contribution in [-0.2, 0) is 9.84 Å². The van der Waals surface area contributed by atoms with E-state index in [0.717, 1.165) is 30.6 Å². The van der Waals surface area contributed by atoms with Gasteiger partial charge >= 0.3 is 0 Å². The van der Waals surface area contributed by atoms with E-state index in [4.69, 9.17) is 4.74 Å². The maximum absolute atomic E-state index is 12.9. The van der Waals surface area contributed by atoms with Crippen molar-refractivity contribution in [3.63, 3.8) is 0 Å². The van der Waals surface area contributed by atoms with Crippen molar-refractivity contribution >= 4 is 15.7 Å². The highest BCUT2D eigenvalue weighted by molar-refractivity contribution is 7.91. The van der Waals surface area contributed by atoms with Crippen LogP contribution in [0.5, 0.6) is 5.75 Å². The standard InChI is InChI=1S/C23H29NO4S/c1-2-3-7-17-28-21-12-10-20(11-13-21)23(25)24-15-14-22(29(26,27)18-16-24)19-8-5-4-6-9-19/h4-6,8-13,22H,2-3,7,14-18H2,1H3. The van der Waals surface area contributed by atoms with Crippen LogP contribution >= 0.6 is 0 Å². The molecule has 1 unspecified atom stereocenters. The van der Waals surface area contributed by atoms with Gasteiger partial charge in [0.15, 0.2) is 9.84 Å². The van der Waals surface area contributed by atoms with Crippen LogP contribution in [0.15, 0.2) is 54.6 Å². The topological polar surface area (TPSA) is 63.7 Å². The van der Waals surface area contributed by atoms with E-state index >= 15 is 0 Å². The molecule has 29 heavy (non-hydrogen) atoms. The molecule has 1 amide bonds. The number of carbonyl (C=O) groups is 1. The summed E-state index contributed by atoms with van der Waals surface area (Å²) in [7, 11) is -3.30. The van der Waals surface area contributed by atoms with Crippen molar-refractivity contribution in [2.24, 2.45) is 0 Å². The van der Waals surface area contributed by atoms with Gasteiger partial charge in [-0.15, -0.1) is 0 Å². The summed E-state index contributed by atoms with van der Waals surface area (Å²) in [5.41, 5.74) is 1.35. The van der Waals surface area contributed by atoms with Crippen molar-refractivity contribution in [3.05, 3.63) is 65.7 Å². The Hall–Kier alpha value is -2.34. The van der Waals surface area contributed by atoms with E-state index < -0.39 is 15.1 Å². The lowest BCUT2D eigenvalue weighted by Crippen LogP contribution is -2.33. The van der Waals surface area contributed by atoms with Crippen LogP contribution in [0.25, 0.3) is 0 Å². The number of hydrogen-bond donors (Lipinski definition) is 0. The van der Waals surface area contributed by atoms with Crippen LogP contribution < -0.4 is 4.74 Å². The van der Waals surface area contributed by atoms with E-state index in [0.29, 0.717) is 25.1 Å². The van der Waals surface area contributed by atoms with Gasteiger partial charge in [-0.25, -0.2) is 8.42 Å². The largest absolute Gasteiger partial charge is 0.494 e. The number of rotatable bonds is 7. The molecular weight excluding hydrogens is 386 g/mol. The molecule has 0 radical (unpaired) electrons. The summed E-state index contributed by atoms with van der Waals surface area (Å²) in [6.07, 6.45) is 3.71. The van der Waals surface area contributed by atoms with Crippen LogP contribution in [0.4, 0.5) is 0 Å². The Morgan fingerprint density at radius 1 is 1.03 bits per heavy atom. The van der Waals surface area contributed by atoms with E-state index in [2.05, 4.69) is 6.92 Å². The number of sulfone groups is 1. The SMILES string of the molecule is CCCCCOc1ccc(C(=O)N2CCC(c3ccccc3)S(=O)(=O)CC2)cc1. The quantitative estimate of drug-likeness (QED) is 0.634. The fourth-order valence-electron chi connectivity index (χ4n) is 3.61. The molecule has 6 heteroatoms. The van der Waals surface area contributed by atoms with Gasteiger partial charge < -0.3 is 9.64 Å². The Balaban J connectivity index is 1.64. The number of benzene rings is 2. The Kier molecular flexibility index (Phi) is 7.31. The molecule has 3 rings (SSSR count). The van der Waals surface area contributed by atoms with Crippen molar-refractivity contribution in [2.75, 3.05) is 25.4 Å². The fraction of sp³-hybridized carbons (Fsp3) is 0.435. The molecule has 1 aliphatic heterocycles. The third kappa shape index (κ3) is 5.60. The molecule has 2 aromatic rings. The molecule has 1 atom stereocenters. The van der Waals surface area contributed by atoms with Crippen molar-refractivity contribution in [1.82, 2.24) is 4.90 Å². The zero-order chi connectivity index (χ0) is 20.7. The Bertz CT molecular complexity index is 894. The Morgan fingerprint density at radius 2 is 1.76 bits per heavy atom. The average molecular weight is 416 g/mol. The van der Waals surface area contributed by atoms with Gasteiger partial charge in [0.1, 0.15) is 5.75 Å². The summed E-state index contributed by atoms with van der Waals surface area (Å²) < 4.78 is 31.2. The highest BCUT2D eigenvalue weighted by atomic mass is 32.2. The van der Waals surface area contributed by atoms with E-state index in [1.54, 1.807) is 29.2 Å². The van der Waals surface area contributed by atoms with Crippen molar-refractivity contribution in [1.29, 1.82) is 0 Å². The molecule has 1 saturated heterocycles. The number of amides is 1. The Morgan fingerprint density at radius 3 is 2.45 bits per heavy atom. The van der Waals surface area contributed by atoms with E-state index in [-0.39, 0.29) is 18.2 Å². The third-order valence-electron chi connectivity index (χ3n) is 5.32. The smallest absolute Gasteiger partial charge is 0.253 e. The van der Waals surface area contributed by atoms with Crippen molar-refractivity contribution < 1.29 is 17.9 Å². The summed E-state index contributed by atoms with van der Waals surface area (Å²) in [5, 5.41) is -0.555. The van der Waals surface area contributed by atoms with E-state index in [1.165, 1.54) is 0 Å². The lowest BCUT2D eigenvalue weighted by atomic mass is 10.1. The van der Waals surface area contributed by atoms with Gasteiger partial charge in [-0.05, 0) is 42.7 Å². The van der Waals surface area contributed by atoms with Crippen molar-refractivity contribution in [3.8, 4) is 5.75 Å². The van der Waals surface area contributed by atoms with Gasteiger partial charge in [0.05, 0.1) is 17.6 Å². The lowest BCUT2D eigenvalue weighted by Gasteiger charge is -2.20. The van der Waals surface area contributed by atoms with Crippen LogP contribution in [0.2, 0.25) is 0 Å². The van der Waals surface area contributed by atoms with Crippen LogP contribution in [0.1, 0.15) is 53.8 Å². The van der Waals surface area contributed by atoms with Gasteiger partial charge in [0.2, 0.25) is 0 Å². The molecule has 2 aromatic carbocycles. The first-order valence-corrected chi connectivity index (χ1v) is 12.0. The molecule has 0 bridgehead atoms. The molecule has 1 fully saturated rings. The van der Waals surface area contributed by atoms with Crippen molar-refractivity contribution in [2.45, 2.75) is 37.9 Å². The number of nitrogens with zero attached hydrogens (tertiary/aromatic N) is 1. The second-order valence-corrected chi connectivity index (χ2v) is 9.73. The fourth-order valence-corrected chi connectivity index (χ4v) is 5.40. The molecular formula is C23H29NO4S. The number of carbonyl (C=O) groups excluding carboxylic acids is 1. The molecule has 0 N–H and O–H groups in total. The molecule has 1 heterocycles. The maximum atomic E-state index is 12.9.